The lowest BCUT2D eigenvalue weighted by atomic mass is 10.1. The quantitative estimate of drug-likeness (QED) is 0.687. The highest BCUT2D eigenvalue weighted by atomic mass is 15.5. The normalized spacial score (nSPS) is 14.9. The molecule has 1 aliphatic heterocycles. The van der Waals surface area contributed by atoms with Crippen molar-refractivity contribution in [2.75, 3.05) is 6.54 Å². The van der Waals surface area contributed by atoms with Crippen LogP contribution < -0.4 is 5.32 Å². The minimum atomic E-state index is 0.542. The van der Waals surface area contributed by atoms with Gasteiger partial charge in [0.1, 0.15) is 0 Å². The van der Waals surface area contributed by atoms with Crippen LogP contribution in [-0.4, -0.2) is 31.5 Å². The van der Waals surface area contributed by atoms with Crippen LogP contribution in [0.2, 0.25) is 0 Å². The number of hydrogen-bond donors (Lipinski definition) is 1. The van der Waals surface area contributed by atoms with Crippen molar-refractivity contribution in [3.63, 3.8) is 0 Å². The Kier molecular flexibility index (Phi) is 1.92. The lowest BCUT2D eigenvalue weighted by Crippen LogP contribution is -2.25. The van der Waals surface area contributed by atoms with Crippen LogP contribution in [0.1, 0.15) is 11.3 Å². The summed E-state index contributed by atoms with van der Waals surface area (Å²) in [4.78, 5) is 10.1. The molecule has 0 aromatic carbocycles. The maximum Gasteiger partial charge on any atom is 0.268 e. The van der Waals surface area contributed by atoms with Gasteiger partial charge in [-0.2, -0.15) is 10.2 Å². The minimum Gasteiger partial charge on any atom is -0.312 e. The molecule has 0 saturated carbocycles. The maximum absolute atomic E-state index is 4.44. The largest absolute Gasteiger partial charge is 0.312 e. The Balaban J connectivity index is 2.04. The molecule has 0 spiro atoms. The van der Waals surface area contributed by atoms with Crippen LogP contribution in [0, 0.1) is 0 Å². The number of fused-ring (bicyclic) bond motifs is 1. The molecule has 3 rings (SSSR count). The number of aromatic nitrogens is 5. The van der Waals surface area contributed by atoms with Gasteiger partial charge in [0.25, 0.3) is 5.95 Å². The summed E-state index contributed by atoms with van der Waals surface area (Å²) >= 11 is 0. The van der Waals surface area contributed by atoms with Crippen molar-refractivity contribution in [3.8, 4) is 5.95 Å². The summed E-state index contributed by atoms with van der Waals surface area (Å²) in [7, 11) is 0. The maximum atomic E-state index is 4.44. The average Bonchev–Trinajstić information content (AvgIpc) is 2.82. The second-order valence-electron chi connectivity index (χ2n) is 3.39. The van der Waals surface area contributed by atoms with Gasteiger partial charge in [0, 0.05) is 31.3 Å². The second-order valence-corrected chi connectivity index (χ2v) is 3.39. The van der Waals surface area contributed by atoms with E-state index in [4.69, 9.17) is 0 Å². The van der Waals surface area contributed by atoms with E-state index in [2.05, 4.69) is 25.5 Å². The molecule has 15 heavy (non-hydrogen) atoms. The average molecular weight is 202 g/mol. The van der Waals surface area contributed by atoms with Crippen LogP contribution in [0.4, 0.5) is 0 Å². The zero-order chi connectivity index (χ0) is 10.1. The topological polar surface area (TPSA) is 68.5 Å². The van der Waals surface area contributed by atoms with Crippen LogP contribution >= 0.6 is 0 Å². The van der Waals surface area contributed by atoms with Crippen molar-refractivity contribution in [2.45, 2.75) is 13.0 Å². The molecule has 1 N–H and O–H groups in total. The van der Waals surface area contributed by atoms with Crippen molar-refractivity contribution in [1.29, 1.82) is 0 Å². The second kappa shape index (κ2) is 3.39. The van der Waals surface area contributed by atoms with Crippen molar-refractivity contribution in [2.24, 2.45) is 0 Å². The van der Waals surface area contributed by atoms with E-state index in [1.165, 1.54) is 4.80 Å². The monoisotopic (exact) mass is 202 g/mol. The van der Waals surface area contributed by atoms with Gasteiger partial charge in [-0.15, -0.1) is 4.80 Å². The van der Waals surface area contributed by atoms with Crippen LogP contribution in [0.25, 0.3) is 5.95 Å². The number of nitrogens with one attached hydrogen (secondary N) is 1. The van der Waals surface area contributed by atoms with Gasteiger partial charge in [0.05, 0.1) is 18.1 Å². The van der Waals surface area contributed by atoms with Gasteiger partial charge in [-0.25, -0.2) is 9.97 Å². The lowest BCUT2D eigenvalue weighted by Gasteiger charge is -2.15. The van der Waals surface area contributed by atoms with Gasteiger partial charge >= 0.3 is 0 Å². The number of hydrogen-bond acceptors (Lipinski definition) is 5. The molecule has 0 atom stereocenters. The third-order valence-electron chi connectivity index (χ3n) is 2.39. The first-order chi connectivity index (χ1) is 7.43. The zero-order valence-corrected chi connectivity index (χ0v) is 8.09. The van der Waals surface area contributed by atoms with Crippen molar-refractivity contribution in [3.05, 3.63) is 29.8 Å². The Labute approximate surface area is 86.4 Å². The highest BCUT2D eigenvalue weighted by Crippen LogP contribution is 2.10. The summed E-state index contributed by atoms with van der Waals surface area (Å²) < 4.78 is 0. The van der Waals surface area contributed by atoms with Crippen LogP contribution in [0.5, 0.6) is 0 Å². The van der Waals surface area contributed by atoms with Gasteiger partial charge < -0.3 is 5.32 Å². The first-order valence-electron chi connectivity index (χ1n) is 4.86. The lowest BCUT2D eigenvalue weighted by molar-refractivity contribution is 0.612. The molecule has 6 nitrogen and oxygen atoms in total. The molecule has 0 fully saturated rings. The summed E-state index contributed by atoms with van der Waals surface area (Å²) in [5.74, 6) is 0.542. The fourth-order valence-corrected chi connectivity index (χ4v) is 1.64. The summed E-state index contributed by atoms with van der Waals surface area (Å²) in [6.45, 7) is 1.82. The van der Waals surface area contributed by atoms with E-state index in [1.54, 1.807) is 12.4 Å². The third-order valence-corrected chi connectivity index (χ3v) is 2.39. The smallest absolute Gasteiger partial charge is 0.268 e. The highest BCUT2D eigenvalue weighted by Gasteiger charge is 2.12. The molecule has 3 heterocycles. The molecule has 0 radical (unpaired) electrons. The van der Waals surface area contributed by atoms with E-state index in [-0.39, 0.29) is 0 Å². The Morgan fingerprint density at radius 1 is 1.27 bits per heavy atom. The molecule has 6 heteroatoms. The predicted molar refractivity (Wildman–Crippen MR) is 52.4 cm³/mol. The number of rotatable bonds is 1. The first-order valence-corrected chi connectivity index (χ1v) is 4.86. The fraction of sp³-hybridized carbons (Fsp3) is 0.333. The number of nitrogens with zero attached hydrogens (tertiary/aromatic N) is 5. The molecular formula is C9H10N6. The zero-order valence-electron chi connectivity index (χ0n) is 8.09. The molecule has 0 unspecified atom stereocenters. The van der Waals surface area contributed by atoms with Crippen LogP contribution in [0.3, 0.4) is 0 Å². The molecule has 2 aromatic heterocycles. The predicted octanol–water partition coefficient (Wildman–Crippen LogP) is -0.297. The minimum absolute atomic E-state index is 0.542. The third kappa shape index (κ3) is 1.48. The summed E-state index contributed by atoms with van der Waals surface area (Å²) in [6.07, 6.45) is 6.01. The van der Waals surface area contributed by atoms with E-state index in [0.29, 0.717) is 5.95 Å². The molecule has 0 saturated heterocycles. The molecule has 0 bridgehead atoms. The molecule has 0 aliphatic carbocycles. The van der Waals surface area contributed by atoms with Gasteiger partial charge in [-0.3, -0.25) is 0 Å². The van der Waals surface area contributed by atoms with Gasteiger partial charge in [-0.1, -0.05) is 0 Å². The Morgan fingerprint density at radius 3 is 3.00 bits per heavy atom. The highest BCUT2D eigenvalue weighted by molar-refractivity contribution is 5.23. The van der Waals surface area contributed by atoms with Crippen LogP contribution in [0.15, 0.2) is 18.6 Å². The van der Waals surface area contributed by atoms with E-state index in [0.717, 1.165) is 30.8 Å². The molecule has 76 valence electrons. The van der Waals surface area contributed by atoms with E-state index >= 15 is 0 Å². The molecular weight excluding hydrogens is 192 g/mol. The van der Waals surface area contributed by atoms with Crippen molar-refractivity contribution >= 4 is 0 Å². The van der Waals surface area contributed by atoms with Crippen molar-refractivity contribution < 1.29 is 0 Å². The van der Waals surface area contributed by atoms with Gasteiger partial charge in [0.15, 0.2) is 0 Å². The van der Waals surface area contributed by atoms with E-state index < -0.39 is 0 Å². The standard InChI is InChI=1S/C9H10N6/c1-2-10-5-7-6-11-9(14-8(1)7)15-12-3-4-13-15/h3-4,6,10H,1-2,5H2. The summed E-state index contributed by atoms with van der Waals surface area (Å²) in [5, 5.41) is 11.3. The Morgan fingerprint density at radius 2 is 2.13 bits per heavy atom. The Hall–Kier alpha value is -1.82. The van der Waals surface area contributed by atoms with Crippen molar-refractivity contribution in [1.82, 2.24) is 30.3 Å². The molecule has 2 aromatic rings. The van der Waals surface area contributed by atoms with Crippen LogP contribution in [-0.2, 0) is 13.0 Å². The first kappa shape index (κ1) is 8.49. The summed E-state index contributed by atoms with van der Waals surface area (Å²) in [5.41, 5.74) is 2.26. The van der Waals surface area contributed by atoms with E-state index in [9.17, 15) is 0 Å². The fourth-order valence-electron chi connectivity index (χ4n) is 1.64. The van der Waals surface area contributed by atoms with Gasteiger partial charge in [-0.05, 0) is 0 Å². The Bertz CT molecular complexity index is 463. The molecule has 1 aliphatic rings. The van der Waals surface area contributed by atoms with Gasteiger partial charge in [0.2, 0.25) is 0 Å². The SMILES string of the molecule is c1cnn(-c2ncc3c(n2)CCNC3)n1. The van der Waals surface area contributed by atoms with E-state index in [1.807, 2.05) is 6.20 Å². The molecule has 0 amide bonds. The summed E-state index contributed by atoms with van der Waals surface area (Å²) in [6, 6.07) is 0.